The van der Waals surface area contributed by atoms with Gasteiger partial charge in [0.25, 0.3) is 0 Å². The first kappa shape index (κ1) is 24.4. The highest BCUT2D eigenvalue weighted by Gasteiger charge is 2.34. The molecule has 2 aliphatic rings. The molecule has 0 aromatic heterocycles. The molecule has 10 heteroatoms. The first-order valence-corrected chi connectivity index (χ1v) is 9.42. The quantitative estimate of drug-likeness (QED) is 0.435. The fourth-order valence-corrected chi connectivity index (χ4v) is 2.57. The number of aliphatic hydroxyl groups excluding tert-OH is 2. The zero-order valence-corrected chi connectivity index (χ0v) is 17.7. The third-order valence-corrected chi connectivity index (χ3v) is 3.97. The Labute approximate surface area is 166 Å². The number of likely N-dealkylation sites (tertiary alicyclic amines) is 2. The van der Waals surface area contributed by atoms with Crippen molar-refractivity contribution in [1.82, 2.24) is 9.80 Å². The minimum atomic E-state index is -0.637. The van der Waals surface area contributed by atoms with Crippen molar-refractivity contribution in [1.29, 1.82) is 0 Å². The lowest BCUT2D eigenvalue weighted by Crippen LogP contribution is -2.36. The van der Waals surface area contributed by atoms with E-state index in [1.807, 2.05) is 0 Å². The highest BCUT2D eigenvalue weighted by atomic mass is 16.6. The van der Waals surface area contributed by atoms with Gasteiger partial charge in [-0.15, -0.1) is 0 Å². The van der Waals surface area contributed by atoms with Gasteiger partial charge in [0.2, 0.25) is 0 Å². The molecule has 2 saturated heterocycles. The van der Waals surface area contributed by atoms with E-state index in [1.165, 1.54) is 9.80 Å². The van der Waals surface area contributed by atoms with E-state index in [0.29, 0.717) is 13.1 Å². The number of rotatable bonds is 0. The van der Waals surface area contributed by atoms with E-state index in [1.54, 1.807) is 41.5 Å². The summed E-state index contributed by atoms with van der Waals surface area (Å²) in [4.78, 5) is 25.8. The SMILES string of the molecule is CC(C)(C)OC(=O)N1C[C@@H](N)[C@H](O)C1.CC(C)(C)OC(=O)N1C[C@H](N)[C@@H](O)C1. The van der Waals surface area contributed by atoms with Crippen molar-refractivity contribution in [2.24, 2.45) is 11.5 Å². The van der Waals surface area contributed by atoms with Crippen molar-refractivity contribution in [2.75, 3.05) is 26.2 Å². The number of β-amino-alcohol motifs (C(OH)–C–C–N with tert-alkyl or cyclic N) is 2. The van der Waals surface area contributed by atoms with E-state index in [4.69, 9.17) is 20.9 Å². The van der Waals surface area contributed by atoms with Crippen molar-refractivity contribution >= 4 is 12.2 Å². The van der Waals surface area contributed by atoms with E-state index in [9.17, 15) is 19.8 Å². The van der Waals surface area contributed by atoms with Crippen LogP contribution in [-0.4, -0.2) is 93.9 Å². The molecule has 28 heavy (non-hydrogen) atoms. The fourth-order valence-electron chi connectivity index (χ4n) is 2.57. The van der Waals surface area contributed by atoms with E-state index < -0.39 is 35.6 Å². The van der Waals surface area contributed by atoms with Crippen LogP contribution in [0.1, 0.15) is 41.5 Å². The Balaban J connectivity index is 0.000000280. The van der Waals surface area contributed by atoms with Crippen LogP contribution in [0.4, 0.5) is 9.59 Å². The summed E-state index contributed by atoms with van der Waals surface area (Å²) in [6.45, 7) is 12.1. The maximum atomic E-state index is 11.5. The minimum absolute atomic E-state index is 0.260. The minimum Gasteiger partial charge on any atom is -0.444 e. The lowest BCUT2D eigenvalue weighted by Gasteiger charge is -2.24. The second-order valence-electron chi connectivity index (χ2n) is 9.23. The number of nitrogens with zero attached hydrogens (tertiary/aromatic N) is 2. The Bertz CT molecular complexity index is 477. The third-order valence-electron chi connectivity index (χ3n) is 3.97. The van der Waals surface area contributed by atoms with Crippen LogP contribution >= 0.6 is 0 Å². The summed E-state index contributed by atoms with van der Waals surface area (Å²) in [6.07, 6.45) is -2.10. The van der Waals surface area contributed by atoms with Crippen LogP contribution in [0.3, 0.4) is 0 Å². The van der Waals surface area contributed by atoms with E-state index in [0.717, 1.165) is 0 Å². The molecule has 0 saturated carbocycles. The van der Waals surface area contributed by atoms with Gasteiger partial charge in [-0.2, -0.15) is 0 Å². The topological polar surface area (TPSA) is 152 Å². The number of amides is 2. The molecule has 4 atom stereocenters. The molecular weight excluding hydrogens is 368 g/mol. The lowest BCUT2D eigenvalue weighted by molar-refractivity contribution is 0.0261. The molecule has 2 rings (SSSR count). The number of aliphatic hydroxyl groups is 2. The molecule has 10 nitrogen and oxygen atoms in total. The second-order valence-corrected chi connectivity index (χ2v) is 9.23. The van der Waals surface area contributed by atoms with Crippen LogP contribution in [0, 0.1) is 0 Å². The van der Waals surface area contributed by atoms with E-state index >= 15 is 0 Å². The molecule has 0 aromatic carbocycles. The first-order chi connectivity index (χ1) is 12.6. The highest BCUT2D eigenvalue weighted by molar-refractivity contribution is 5.69. The summed E-state index contributed by atoms with van der Waals surface area (Å²) in [5.41, 5.74) is 10.1. The smallest absolute Gasteiger partial charge is 0.410 e. The Morgan fingerprint density at radius 1 is 0.750 bits per heavy atom. The fraction of sp³-hybridized carbons (Fsp3) is 0.889. The molecule has 0 bridgehead atoms. The van der Waals surface area contributed by atoms with Crippen LogP contribution in [0.15, 0.2) is 0 Å². The molecular formula is C18H36N4O6. The van der Waals surface area contributed by atoms with Crippen molar-refractivity contribution in [3.8, 4) is 0 Å². The monoisotopic (exact) mass is 404 g/mol. The first-order valence-electron chi connectivity index (χ1n) is 9.42. The molecule has 0 spiro atoms. The molecule has 0 aliphatic carbocycles. The van der Waals surface area contributed by atoms with Crippen LogP contribution in [-0.2, 0) is 9.47 Å². The van der Waals surface area contributed by atoms with Crippen LogP contribution < -0.4 is 11.5 Å². The third kappa shape index (κ3) is 8.17. The molecule has 164 valence electrons. The predicted octanol–water partition coefficient (Wildman–Crippen LogP) is -0.149. The molecule has 0 unspecified atom stereocenters. The average Bonchev–Trinajstić information content (AvgIpc) is 3.00. The summed E-state index contributed by atoms with van der Waals surface area (Å²) < 4.78 is 10.3. The van der Waals surface area contributed by atoms with Gasteiger partial charge in [0.05, 0.1) is 37.4 Å². The number of carbonyl (C=O) groups excluding carboxylic acids is 2. The van der Waals surface area contributed by atoms with E-state index in [-0.39, 0.29) is 25.2 Å². The van der Waals surface area contributed by atoms with Crippen molar-refractivity contribution in [3.05, 3.63) is 0 Å². The van der Waals surface area contributed by atoms with Crippen molar-refractivity contribution in [3.63, 3.8) is 0 Å². The zero-order valence-electron chi connectivity index (χ0n) is 17.7. The van der Waals surface area contributed by atoms with Gasteiger partial charge in [0, 0.05) is 13.1 Å². The summed E-state index contributed by atoms with van der Waals surface area (Å²) in [6, 6.07) is -0.718. The van der Waals surface area contributed by atoms with Gasteiger partial charge in [-0.1, -0.05) is 0 Å². The predicted molar refractivity (Wildman–Crippen MR) is 104 cm³/mol. The summed E-state index contributed by atoms with van der Waals surface area (Å²) >= 11 is 0. The Morgan fingerprint density at radius 2 is 1.04 bits per heavy atom. The Kier molecular flexibility index (Phi) is 8.07. The maximum Gasteiger partial charge on any atom is 0.410 e. The van der Waals surface area contributed by atoms with Gasteiger partial charge in [-0.05, 0) is 41.5 Å². The highest BCUT2D eigenvalue weighted by Crippen LogP contribution is 2.15. The number of hydrogen-bond acceptors (Lipinski definition) is 8. The summed E-state index contributed by atoms with van der Waals surface area (Å²) in [5.74, 6) is 0. The van der Waals surface area contributed by atoms with Crippen molar-refractivity contribution in [2.45, 2.75) is 77.0 Å². The number of hydrogen-bond donors (Lipinski definition) is 4. The van der Waals surface area contributed by atoms with Gasteiger partial charge >= 0.3 is 12.2 Å². The second kappa shape index (κ2) is 9.25. The van der Waals surface area contributed by atoms with Gasteiger partial charge in [0.15, 0.2) is 0 Å². The number of carbonyl (C=O) groups is 2. The molecule has 2 amide bonds. The zero-order chi connectivity index (χ0) is 21.9. The summed E-state index contributed by atoms with van der Waals surface area (Å²) in [7, 11) is 0. The molecule has 0 aromatic rings. The molecule has 6 N–H and O–H groups in total. The van der Waals surface area contributed by atoms with Crippen molar-refractivity contribution < 1.29 is 29.3 Å². The molecule has 2 aliphatic heterocycles. The molecule has 0 radical (unpaired) electrons. The summed E-state index contributed by atoms with van der Waals surface area (Å²) in [5, 5.41) is 18.7. The van der Waals surface area contributed by atoms with Gasteiger partial charge in [0.1, 0.15) is 11.2 Å². The Hall–Kier alpha value is -1.62. The van der Waals surface area contributed by atoms with E-state index in [2.05, 4.69) is 0 Å². The Morgan fingerprint density at radius 3 is 1.21 bits per heavy atom. The van der Waals surface area contributed by atoms with Gasteiger partial charge in [-0.3, -0.25) is 0 Å². The number of nitrogens with two attached hydrogens (primary N) is 2. The van der Waals surface area contributed by atoms with Crippen LogP contribution in [0.2, 0.25) is 0 Å². The van der Waals surface area contributed by atoms with Gasteiger partial charge in [-0.25, -0.2) is 9.59 Å². The average molecular weight is 405 g/mol. The molecule has 2 fully saturated rings. The van der Waals surface area contributed by atoms with Crippen LogP contribution in [0.5, 0.6) is 0 Å². The normalized spacial score (nSPS) is 27.9. The number of ether oxygens (including phenoxy) is 2. The van der Waals surface area contributed by atoms with Crippen LogP contribution in [0.25, 0.3) is 0 Å². The maximum absolute atomic E-state index is 11.5. The molecule has 2 heterocycles. The lowest BCUT2D eigenvalue weighted by atomic mass is 10.2. The standard InChI is InChI=1S/2C9H18N2O3/c2*1-9(2,3)14-8(13)11-4-6(10)7(12)5-11/h2*6-7,12H,4-5,10H2,1-3H3/t2*6-,7-/m10/s1. The largest absolute Gasteiger partial charge is 0.444 e. The van der Waals surface area contributed by atoms with Gasteiger partial charge < -0.3 is 41.0 Å².